The minimum absolute atomic E-state index is 0.0647. The number of amides is 3. The van der Waals surface area contributed by atoms with Crippen LogP contribution in [-0.2, 0) is 27.3 Å². The predicted molar refractivity (Wildman–Crippen MR) is 112 cm³/mol. The third-order valence-corrected chi connectivity index (χ3v) is 6.62. The molecule has 0 unspecified atom stereocenters. The summed E-state index contributed by atoms with van der Waals surface area (Å²) >= 11 is 1.47. The molecule has 8 nitrogen and oxygen atoms in total. The molecule has 0 N–H and O–H groups in total. The zero-order valence-electron chi connectivity index (χ0n) is 17.7. The van der Waals surface area contributed by atoms with Gasteiger partial charge in [-0.2, -0.15) is 0 Å². The summed E-state index contributed by atoms with van der Waals surface area (Å²) in [5, 5.41) is 0.702. The van der Waals surface area contributed by atoms with Crippen LogP contribution in [-0.4, -0.2) is 93.5 Å². The SMILES string of the molecule is COCCN1C(=O)CN(C)C(=O)c2c1sc1c2CCN(C(=O)CCCN(C)C)C1. The molecular formula is C20H30N4O4S. The highest BCUT2D eigenvalue weighted by Gasteiger charge is 2.37. The standard InChI is InChI=1S/C20H30N4O4S/c1-21(2)8-5-6-16(25)23-9-7-14-15(12-23)29-20-18(14)19(27)22(3)13-17(26)24(20)10-11-28-4/h5-13H2,1-4H3. The van der Waals surface area contributed by atoms with Crippen LogP contribution in [0.3, 0.4) is 0 Å². The van der Waals surface area contributed by atoms with Gasteiger partial charge in [0.15, 0.2) is 0 Å². The van der Waals surface area contributed by atoms with E-state index in [2.05, 4.69) is 4.90 Å². The van der Waals surface area contributed by atoms with Gasteiger partial charge in [-0.1, -0.05) is 0 Å². The molecule has 1 aromatic heterocycles. The van der Waals surface area contributed by atoms with E-state index < -0.39 is 0 Å². The van der Waals surface area contributed by atoms with E-state index in [0.717, 1.165) is 23.4 Å². The van der Waals surface area contributed by atoms with Crippen LogP contribution in [0.5, 0.6) is 0 Å². The number of hydrogen-bond donors (Lipinski definition) is 0. The van der Waals surface area contributed by atoms with Gasteiger partial charge in [0.2, 0.25) is 11.8 Å². The zero-order chi connectivity index (χ0) is 21.1. The number of thiophene rings is 1. The lowest BCUT2D eigenvalue weighted by Gasteiger charge is -2.28. The molecule has 0 spiro atoms. The van der Waals surface area contributed by atoms with Crippen LogP contribution in [0.15, 0.2) is 0 Å². The Morgan fingerprint density at radius 2 is 2.00 bits per heavy atom. The van der Waals surface area contributed by atoms with Gasteiger partial charge in [-0.05, 0) is 39.0 Å². The number of carbonyl (C=O) groups is 3. The lowest BCUT2D eigenvalue weighted by Crippen LogP contribution is -2.39. The molecule has 3 heterocycles. The highest BCUT2D eigenvalue weighted by atomic mass is 32.1. The first kappa shape index (κ1) is 21.7. The highest BCUT2D eigenvalue weighted by molar-refractivity contribution is 7.17. The topological polar surface area (TPSA) is 73.4 Å². The number of fused-ring (bicyclic) bond motifs is 3. The molecule has 0 radical (unpaired) electrons. The largest absolute Gasteiger partial charge is 0.383 e. The van der Waals surface area contributed by atoms with Gasteiger partial charge >= 0.3 is 0 Å². The summed E-state index contributed by atoms with van der Waals surface area (Å²) in [7, 11) is 7.26. The van der Waals surface area contributed by atoms with Gasteiger partial charge in [0, 0.05) is 32.0 Å². The van der Waals surface area contributed by atoms with Gasteiger partial charge in [0.25, 0.3) is 5.91 Å². The molecule has 0 fully saturated rings. The van der Waals surface area contributed by atoms with Crippen molar-refractivity contribution in [1.82, 2.24) is 14.7 Å². The van der Waals surface area contributed by atoms with E-state index in [1.54, 1.807) is 19.1 Å². The van der Waals surface area contributed by atoms with E-state index in [0.29, 0.717) is 49.6 Å². The first-order chi connectivity index (χ1) is 13.8. The average molecular weight is 423 g/mol. The molecule has 160 valence electrons. The van der Waals surface area contributed by atoms with E-state index in [-0.39, 0.29) is 24.3 Å². The quantitative estimate of drug-likeness (QED) is 0.657. The molecule has 0 bridgehead atoms. The molecule has 0 aromatic carbocycles. The number of rotatable bonds is 7. The van der Waals surface area contributed by atoms with Crippen molar-refractivity contribution in [3.63, 3.8) is 0 Å². The molecule has 0 atom stereocenters. The molecule has 9 heteroatoms. The van der Waals surface area contributed by atoms with Crippen LogP contribution in [0, 0.1) is 0 Å². The van der Waals surface area contributed by atoms with Gasteiger partial charge in [0.05, 0.1) is 25.3 Å². The molecule has 2 aliphatic heterocycles. The van der Waals surface area contributed by atoms with E-state index in [4.69, 9.17) is 4.74 Å². The van der Waals surface area contributed by atoms with Gasteiger partial charge in [0.1, 0.15) is 11.5 Å². The maximum Gasteiger partial charge on any atom is 0.257 e. The van der Waals surface area contributed by atoms with E-state index >= 15 is 0 Å². The first-order valence-corrected chi connectivity index (χ1v) is 10.8. The summed E-state index contributed by atoms with van der Waals surface area (Å²) < 4.78 is 5.16. The number of nitrogens with zero attached hydrogens (tertiary/aromatic N) is 4. The monoisotopic (exact) mass is 422 g/mol. The molecule has 0 aliphatic carbocycles. The second kappa shape index (κ2) is 9.23. The van der Waals surface area contributed by atoms with Crippen LogP contribution in [0.25, 0.3) is 0 Å². The van der Waals surface area contributed by atoms with Crippen molar-refractivity contribution in [2.45, 2.75) is 25.8 Å². The second-order valence-corrected chi connectivity index (χ2v) is 8.94. The average Bonchev–Trinajstić information content (AvgIpc) is 3.01. The Morgan fingerprint density at radius 1 is 1.24 bits per heavy atom. The first-order valence-electron chi connectivity index (χ1n) is 9.95. The normalized spacial score (nSPS) is 16.9. The van der Waals surface area contributed by atoms with Crippen molar-refractivity contribution in [2.75, 3.05) is 65.9 Å². The third-order valence-electron chi connectivity index (χ3n) is 5.39. The van der Waals surface area contributed by atoms with Gasteiger partial charge in [-0.3, -0.25) is 19.3 Å². The van der Waals surface area contributed by atoms with Gasteiger partial charge < -0.3 is 19.4 Å². The summed E-state index contributed by atoms with van der Waals surface area (Å²) in [4.78, 5) is 46.4. The third kappa shape index (κ3) is 4.62. The van der Waals surface area contributed by atoms with Crippen LogP contribution >= 0.6 is 11.3 Å². The Bertz CT molecular complexity index is 792. The van der Waals surface area contributed by atoms with Crippen molar-refractivity contribution in [3.8, 4) is 0 Å². The Hall–Kier alpha value is -1.97. The molecule has 0 saturated heterocycles. The fraction of sp³-hybridized carbons (Fsp3) is 0.650. The lowest BCUT2D eigenvalue weighted by atomic mass is 10.0. The Kier molecular flexibility index (Phi) is 6.92. The highest BCUT2D eigenvalue weighted by Crippen LogP contribution is 2.41. The number of hydrogen-bond acceptors (Lipinski definition) is 6. The maximum atomic E-state index is 13.0. The predicted octanol–water partition coefficient (Wildman–Crippen LogP) is 1.04. The van der Waals surface area contributed by atoms with Crippen LogP contribution in [0.1, 0.15) is 33.6 Å². The molecule has 1 aromatic rings. The molecule has 2 aliphatic rings. The zero-order valence-corrected chi connectivity index (χ0v) is 18.5. The number of anilines is 1. The summed E-state index contributed by atoms with van der Waals surface area (Å²) in [6.45, 7) is 2.89. The number of methoxy groups -OCH3 is 1. The van der Waals surface area contributed by atoms with Crippen LogP contribution in [0.4, 0.5) is 5.00 Å². The van der Waals surface area contributed by atoms with E-state index in [1.807, 2.05) is 19.0 Å². The Balaban J connectivity index is 1.84. The molecule has 3 rings (SSSR count). The maximum absolute atomic E-state index is 13.0. The van der Waals surface area contributed by atoms with Crippen LogP contribution in [0.2, 0.25) is 0 Å². The minimum Gasteiger partial charge on any atom is -0.383 e. The van der Waals surface area contributed by atoms with Crippen molar-refractivity contribution in [3.05, 3.63) is 16.0 Å². The lowest BCUT2D eigenvalue weighted by molar-refractivity contribution is -0.132. The Morgan fingerprint density at radius 3 is 2.69 bits per heavy atom. The molecule has 3 amide bonds. The molecular weight excluding hydrogens is 392 g/mol. The minimum atomic E-state index is -0.114. The molecule has 29 heavy (non-hydrogen) atoms. The van der Waals surface area contributed by atoms with Crippen molar-refractivity contribution >= 4 is 34.1 Å². The van der Waals surface area contributed by atoms with E-state index in [9.17, 15) is 14.4 Å². The summed E-state index contributed by atoms with van der Waals surface area (Å²) in [6, 6.07) is 0. The van der Waals surface area contributed by atoms with Crippen molar-refractivity contribution in [1.29, 1.82) is 0 Å². The number of ether oxygens (including phenoxy) is 1. The molecule has 0 saturated carbocycles. The second-order valence-electron chi connectivity index (χ2n) is 7.86. The number of likely N-dealkylation sites (N-methyl/N-ethyl adjacent to an activating group) is 1. The summed E-state index contributed by atoms with van der Waals surface area (Å²) in [5.41, 5.74) is 1.63. The fourth-order valence-electron chi connectivity index (χ4n) is 3.79. The van der Waals surface area contributed by atoms with Gasteiger partial charge in [-0.15, -0.1) is 11.3 Å². The number of carbonyl (C=O) groups excluding carboxylic acids is 3. The van der Waals surface area contributed by atoms with E-state index in [1.165, 1.54) is 16.2 Å². The summed E-state index contributed by atoms with van der Waals surface area (Å²) in [6.07, 6.45) is 2.00. The fourth-order valence-corrected chi connectivity index (χ4v) is 5.19. The smallest absolute Gasteiger partial charge is 0.257 e. The van der Waals surface area contributed by atoms with Crippen LogP contribution < -0.4 is 4.90 Å². The van der Waals surface area contributed by atoms with Crippen molar-refractivity contribution in [2.24, 2.45) is 0 Å². The Labute approximate surface area is 176 Å². The van der Waals surface area contributed by atoms with Gasteiger partial charge in [-0.25, -0.2) is 0 Å². The summed E-state index contributed by atoms with van der Waals surface area (Å²) in [5.74, 6) is -0.0692. The van der Waals surface area contributed by atoms with Crippen molar-refractivity contribution < 1.29 is 19.1 Å².